The molecule has 0 saturated heterocycles. The molecule has 101 heavy (non-hydrogen) atoms. The fourth-order valence-corrected chi connectivity index (χ4v) is 14.2. The second-order valence-electron chi connectivity index (χ2n) is 31.4. The summed E-state index contributed by atoms with van der Waals surface area (Å²) in [6.45, 7) is 14.2. The maximum atomic E-state index is 13.1. The Hall–Kier alpha value is -1.94. The van der Waals surface area contributed by atoms with Gasteiger partial charge in [-0.15, -0.1) is 0 Å². The minimum Gasteiger partial charge on any atom is -0.462 e. The van der Waals surface area contributed by atoms with Crippen LogP contribution in [-0.4, -0.2) is 96.7 Å². The van der Waals surface area contributed by atoms with Crippen molar-refractivity contribution < 1.29 is 80.2 Å². The highest BCUT2D eigenvalue weighted by Gasteiger charge is 2.30. The molecule has 0 aromatic heterocycles. The van der Waals surface area contributed by atoms with Crippen molar-refractivity contribution in [2.75, 3.05) is 39.6 Å². The van der Waals surface area contributed by atoms with E-state index in [1.54, 1.807) is 0 Å². The number of ether oxygens (including phenoxy) is 4. The fraction of sp³-hybridized carbons (Fsp3) is 0.951. The summed E-state index contributed by atoms with van der Waals surface area (Å²) in [4.78, 5) is 73.0. The fourth-order valence-electron chi connectivity index (χ4n) is 12.6. The first-order valence-electron chi connectivity index (χ1n) is 42.2. The van der Waals surface area contributed by atoms with Gasteiger partial charge >= 0.3 is 39.5 Å². The number of phosphoric acid groups is 2. The number of esters is 4. The van der Waals surface area contributed by atoms with E-state index >= 15 is 0 Å². The van der Waals surface area contributed by atoms with Crippen molar-refractivity contribution in [3.63, 3.8) is 0 Å². The van der Waals surface area contributed by atoms with Crippen LogP contribution in [0.2, 0.25) is 0 Å². The zero-order chi connectivity index (χ0) is 74.6. The number of carbonyl (C=O) groups excluding carboxylic acids is 4. The van der Waals surface area contributed by atoms with Crippen LogP contribution >= 0.6 is 15.6 Å². The van der Waals surface area contributed by atoms with E-state index in [0.717, 1.165) is 114 Å². The lowest BCUT2D eigenvalue weighted by molar-refractivity contribution is -0.161. The lowest BCUT2D eigenvalue weighted by Crippen LogP contribution is -2.30. The molecule has 3 N–H and O–H groups in total. The summed E-state index contributed by atoms with van der Waals surface area (Å²) < 4.78 is 68.7. The van der Waals surface area contributed by atoms with Crippen molar-refractivity contribution in [3.05, 3.63) is 0 Å². The molecule has 3 unspecified atom stereocenters. The van der Waals surface area contributed by atoms with E-state index in [1.165, 1.54) is 218 Å². The van der Waals surface area contributed by atoms with Gasteiger partial charge in [0.15, 0.2) is 12.2 Å². The van der Waals surface area contributed by atoms with Gasteiger partial charge in [0.2, 0.25) is 0 Å². The molecule has 0 fully saturated rings. The Morgan fingerprint density at radius 3 is 0.614 bits per heavy atom. The van der Waals surface area contributed by atoms with Gasteiger partial charge in [-0.3, -0.25) is 37.3 Å². The molecule has 600 valence electrons. The highest BCUT2D eigenvalue weighted by molar-refractivity contribution is 7.47. The predicted octanol–water partition coefficient (Wildman–Crippen LogP) is 24.4. The second-order valence-corrected chi connectivity index (χ2v) is 34.3. The molecular formula is C82H160O17P2. The van der Waals surface area contributed by atoms with E-state index < -0.39 is 97.5 Å². The molecule has 0 amide bonds. The van der Waals surface area contributed by atoms with Gasteiger partial charge in [0.1, 0.15) is 19.3 Å². The van der Waals surface area contributed by atoms with Gasteiger partial charge in [-0.05, 0) is 49.4 Å². The zero-order valence-corrected chi connectivity index (χ0v) is 68.3. The van der Waals surface area contributed by atoms with Gasteiger partial charge < -0.3 is 33.8 Å². The molecule has 0 aromatic carbocycles. The van der Waals surface area contributed by atoms with E-state index in [1.807, 2.05) is 0 Å². The molecule has 0 spiro atoms. The molecule has 5 atom stereocenters. The monoisotopic (exact) mass is 1480 g/mol. The van der Waals surface area contributed by atoms with Crippen LogP contribution in [0.1, 0.15) is 421 Å². The molecule has 0 saturated carbocycles. The molecule has 0 bridgehead atoms. The summed E-state index contributed by atoms with van der Waals surface area (Å²) in [7, 11) is -9.92. The van der Waals surface area contributed by atoms with E-state index in [9.17, 15) is 43.2 Å². The standard InChI is InChI=1S/C82H160O17P2/c1-72(2)58-50-42-34-28-22-17-13-11-9-10-12-14-19-25-32-38-48-56-65-82(87)99-78(69-93-80(85)63-55-47-41-40-45-53-61-75(7)8)71-97-101(90,91)95-67-76(83)66-94-100(88,89)96-70-77(68-92-79(84)62-54-46-37-31-27-21-24-30-36-44-52-60-74(5)6)98-81(86)64-57-49-39-33-26-20-16-15-18-23-29-35-43-51-59-73(3)4/h72-78,83H,9-71H2,1-8H3,(H,88,89)(H,90,91)/t76?,77-,78-/m1/s1. The molecule has 0 aliphatic rings. The molecule has 0 rings (SSSR count). The SMILES string of the molecule is CC(C)CCCCCCCCCCCCCCCCCCCCC(=O)O[C@H](COC(=O)CCCCCCCCC(C)C)COP(=O)(O)OCC(O)COP(=O)(O)OC[C@@H](COC(=O)CCCCCCCCCCCCCC(C)C)OC(=O)CCCCCCCCCCCCCCCCC(C)C. The predicted molar refractivity (Wildman–Crippen MR) is 414 cm³/mol. The lowest BCUT2D eigenvalue weighted by atomic mass is 10.0. The smallest absolute Gasteiger partial charge is 0.462 e. The highest BCUT2D eigenvalue weighted by atomic mass is 31.2. The molecular weight excluding hydrogens is 1320 g/mol. The molecule has 0 aromatic rings. The summed E-state index contributed by atoms with van der Waals surface area (Å²) >= 11 is 0. The maximum absolute atomic E-state index is 13.1. The Kier molecular flexibility index (Phi) is 69.6. The van der Waals surface area contributed by atoms with Crippen molar-refractivity contribution in [3.8, 4) is 0 Å². The number of rotatable bonds is 79. The minimum absolute atomic E-state index is 0.107. The number of carbonyl (C=O) groups is 4. The van der Waals surface area contributed by atoms with Crippen LogP contribution in [0.25, 0.3) is 0 Å². The summed E-state index contributed by atoms with van der Waals surface area (Å²) in [5, 5.41) is 10.6. The van der Waals surface area contributed by atoms with Crippen molar-refractivity contribution in [2.45, 2.75) is 440 Å². The van der Waals surface area contributed by atoms with Gasteiger partial charge in [0.05, 0.1) is 26.4 Å². The average Bonchev–Trinajstić information content (AvgIpc) is 1.06. The van der Waals surface area contributed by atoms with Gasteiger partial charge in [-0.25, -0.2) is 9.13 Å². The van der Waals surface area contributed by atoms with Gasteiger partial charge in [0.25, 0.3) is 0 Å². The van der Waals surface area contributed by atoms with Crippen molar-refractivity contribution >= 4 is 39.5 Å². The quantitative estimate of drug-likeness (QED) is 0.0222. The summed E-state index contributed by atoms with van der Waals surface area (Å²) in [5.74, 6) is 0.951. The van der Waals surface area contributed by atoms with Crippen LogP contribution in [0.15, 0.2) is 0 Å². The van der Waals surface area contributed by atoms with Crippen LogP contribution in [0.5, 0.6) is 0 Å². The number of hydrogen-bond acceptors (Lipinski definition) is 15. The first-order valence-corrected chi connectivity index (χ1v) is 45.2. The normalized spacial score (nSPS) is 14.0. The maximum Gasteiger partial charge on any atom is 0.472 e. The molecule has 0 radical (unpaired) electrons. The van der Waals surface area contributed by atoms with Crippen molar-refractivity contribution in [1.82, 2.24) is 0 Å². The Balaban J connectivity index is 5.19. The van der Waals surface area contributed by atoms with Crippen LogP contribution < -0.4 is 0 Å². The topological polar surface area (TPSA) is 237 Å². The molecule has 0 aliphatic heterocycles. The summed E-state index contributed by atoms with van der Waals surface area (Å²) in [6.07, 6.45) is 58.5. The minimum atomic E-state index is -4.96. The third kappa shape index (κ3) is 76.1. The van der Waals surface area contributed by atoms with Crippen LogP contribution in [0.3, 0.4) is 0 Å². The molecule has 0 aliphatic carbocycles. The zero-order valence-electron chi connectivity index (χ0n) is 66.5. The third-order valence-electron chi connectivity index (χ3n) is 19.1. The van der Waals surface area contributed by atoms with Gasteiger partial charge in [-0.1, -0.05) is 370 Å². The van der Waals surface area contributed by atoms with Crippen molar-refractivity contribution in [2.24, 2.45) is 23.7 Å². The Bertz CT molecular complexity index is 1970. The summed E-state index contributed by atoms with van der Waals surface area (Å²) in [5.41, 5.74) is 0. The van der Waals surface area contributed by atoms with E-state index in [0.29, 0.717) is 31.6 Å². The van der Waals surface area contributed by atoms with Crippen molar-refractivity contribution in [1.29, 1.82) is 0 Å². The largest absolute Gasteiger partial charge is 0.472 e. The van der Waals surface area contributed by atoms with E-state index in [-0.39, 0.29) is 25.7 Å². The van der Waals surface area contributed by atoms with Crippen LogP contribution in [0.4, 0.5) is 0 Å². The molecule has 19 heteroatoms. The third-order valence-corrected chi connectivity index (χ3v) is 21.0. The van der Waals surface area contributed by atoms with Gasteiger partial charge in [0, 0.05) is 25.7 Å². The number of aliphatic hydroxyl groups is 1. The Morgan fingerprint density at radius 2 is 0.416 bits per heavy atom. The first-order chi connectivity index (χ1) is 48.6. The molecule has 0 heterocycles. The number of hydrogen-bond donors (Lipinski definition) is 3. The lowest BCUT2D eigenvalue weighted by Gasteiger charge is -2.21. The van der Waals surface area contributed by atoms with Crippen LogP contribution in [-0.2, 0) is 65.4 Å². The van der Waals surface area contributed by atoms with E-state index in [2.05, 4.69) is 55.4 Å². The Morgan fingerprint density at radius 1 is 0.248 bits per heavy atom. The summed E-state index contributed by atoms with van der Waals surface area (Å²) in [6, 6.07) is 0. The average molecular weight is 1480 g/mol. The highest BCUT2D eigenvalue weighted by Crippen LogP contribution is 2.45. The van der Waals surface area contributed by atoms with E-state index in [4.69, 9.17) is 37.0 Å². The second kappa shape index (κ2) is 71.0. The van der Waals surface area contributed by atoms with Crippen LogP contribution in [0, 0.1) is 23.7 Å². The van der Waals surface area contributed by atoms with Gasteiger partial charge in [-0.2, -0.15) is 0 Å². The molecule has 17 nitrogen and oxygen atoms in total. The number of aliphatic hydroxyl groups excluding tert-OH is 1. The first kappa shape index (κ1) is 99.1. The number of phosphoric ester groups is 2. The number of unbranched alkanes of at least 4 members (excludes halogenated alkanes) is 45. The Labute approximate surface area is 619 Å².